The standard InChI is InChI=1S/C36H21N5/c1-2-7-21(8-3-1)40-29-10-5-4-9-24(29)33-26-19-27-22(23(26)14-15-30(33)40)12-13-25-34(27)36-39-28-16-18-37-20-32(28)41(36)31-11-6-17-38-35(25)31/h1-18,20H,19H2. The van der Waals surface area contributed by atoms with Gasteiger partial charge < -0.3 is 4.57 Å². The van der Waals surface area contributed by atoms with Gasteiger partial charge in [0, 0.05) is 46.0 Å². The smallest absolute Gasteiger partial charge is 0.146 e. The first-order valence-electron chi connectivity index (χ1n) is 13.9. The van der Waals surface area contributed by atoms with Gasteiger partial charge in [0.1, 0.15) is 5.65 Å². The van der Waals surface area contributed by atoms with Crippen LogP contribution in [0.4, 0.5) is 0 Å². The number of imidazole rings is 1. The first kappa shape index (κ1) is 21.3. The van der Waals surface area contributed by atoms with E-state index < -0.39 is 0 Å². The number of hydrogen-bond acceptors (Lipinski definition) is 3. The Morgan fingerprint density at radius 1 is 0.585 bits per heavy atom. The zero-order valence-electron chi connectivity index (χ0n) is 21.9. The molecule has 0 bridgehead atoms. The predicted octanol–water partition coefficient (Wildman–Crippen LogP) is 8.25. The van der Waals surface area contributed by atoms with Gasteiger partial charge in [0.2, 0.25) is 0 Å². The fourth-order valence-electron chi connectivity index (χ4n) is 7.26. The second-order valence-electron chi connectivity index (χ2n) is 10.9. The summed E-state index contributed by atoms with van der Waals surface area (Å²) in [5.74, 6) is 0. The van der Waals surface area contributed by atoms with Gasteiger partial charge in [-0.3, -0.25) is 14.4 Å². The molecule has 0 saturated heterocycles. The molecule has 5 heteroatoms. The van der Waals surface area contributed by atoms with E-state index in [9.17, 15) is 0 Å². The molecule has 0 N–H and O–H groups in total. The maximum Gasteiger partial charge on any atom is 0.146 e. The zero-order valence-corrected chi connectivity index (χ0v) is 21.9. The zero-order chi connectivity index (χ0) is 26.7. The lowest BCUT2D eigenvalue weighted by Crippen LogP contribution is -1.96. The maximum atomic E-state index is 5.18. The van der Waals surface area contributed by atoms with E-state index in [1.54, 1.807) is 0 Å². The van der Waals surface area contributed by atoms with E-state index in [2.05, 4.69) is 98.9 Å². The largest absolute Gasteiger partial charge is 0.309 e. The second-order valence-corrected chi connectivity index (χ2v) is 10.9. The Hall–Kier alpha value is -5.55. The summed E-state index contributed by atoms with van der Waals surface area (Å²) in [6.07, 6.45) is 6.46. The number of benzene rings is 4. The molecule has 1 aliphatic carbocycles. The Morgan fingerprint density at radius 3 is 2.32 bits per heavy atom. The lowest BCUT2D eigenvalue weighted by molar-refractivity contribution is 1.18. The minimum Gasteiger partial charge on any atom is -0.309 e. The number of para-hydroxylation sites is 2. The molecule has 5 heterocycles. The molecule has 4 aromatic carbocycles. The monoisotopic (exact) mass is 523 g/mol. The minimum atomic E-state index is 0.845. The Kier molecular flexibility index (Phi) is 3.92. The lowest BCUT2D eigenvalue weighted by Gasteiger charge is -2.11. The predicted molar refractivity (Wildman–Crippen MR) is 166 cm³/mol. The Bertz CT molecular complexity index is 2550. The van der Waals surface area contributed by atoms with Crippen LogP contribution in [0.3, 0.4) is 0 Å². The number of fused-ring (bicyclic) bond motifs is 16. The average molecular weight is 524 g/mol. The van der Waals surface area contributed by atoms with E-state index in [4.69, 9.17) is 9.97 Å². The van der Waals surface area contributed by atoms with Crippen LogP contribution < -0.4 is 0 Å². The summed E-state index contributed by atoms with van der Waals surface area (Å²) in [7, 11) is 0. The van der Waals surface area contributed by atoms with Crippen molar-refractivity contribution >= 4 is 60.3 Å². The third-order valence-corrected chi connectivity index (χ3v) is 8.88. The highest BCUT2D eigenvalue weighted by Gasteiger charge is 2.28. The molecule has 0 amide bonds. The highest BCUT2D eigenvalue weighted by molar-refractivity contribution is 6.18. The van der Waals surface area contributed by atoms with Crippen LogP contribution in [0.1, 0.15) is 11.1 Å². The quantitative estimate of drug-likeness (QED) is 0.204. The third kappa shape index (κ3) is 2.63. The highest BCUT2D eigenvalue weighted by atomic mass is 15.0. The molecule has 0 aliphatic heterocycles. The number of aromatic nitrogens is 5. The molecule has 1 aliphatic rings. The summed E-state index contributed by atoms with van der Waals surface area (Å²) in [5.41, 5.74) is 13.9. The molecule has 190 valence electrons. The van der Waals surface area contributed by atoms with E-state index in [-0.39, 0.29) is 0 Å². The van der Waals surface area contributed by atoms with Crippen LogP contribution in [0.5, 0.6) is 0 Å². The summed E-state index contributed by atoms with van der Waals surface area (Å²) < 4.78 is 4.64. The first-order valence-corrected chi connectivity index (χ1v) is 13.9. The molecular weight excluding hydrogens is 502 g/mol. The maximum absolute atomic E-state index is 5.18. The van der Waals surface area contributed by atoms with Crippen LogP contribution in [0.15, 0.2) is 116 Å². The summed E-state index contributed by atoms with van der Waals surface area (Å²) in [6, 6.07) is 34.7. The van der Waals surface area contributed by atoms with E-state index in [1.165, 1.54) is 55.1 Å². The first-order chi connectivity index (χ1) is 20.4. The fraction of sp³-hybridized carbons (Fsp3) is 0.0278. The van der Waals surface area contributed by atoms with Crippen LogP contribution in [0.25, 0.3) is 77.1 Å². The van der Waals surface area contributed by atoms with Gasteiger partial charge in [-0.05, 0) is 64.7 Å². The van der Waals surface area contributed by atoms with Gasteiger partial charge in [0.15, 0.2) is 0 Å². The highest BCUT2D eigenvalue weighted by Crippen LogP contribution is 2.48. The van der Waals surface area contributed by atoms with Crippen molar-refractivity contribution in [3.05, 3.63) is 127 Å². The molecule has 0 spiro atoms. The number of nitrogens with zero attached hydrogens (tertiary/aromatic N) is 5. The van der Waals surface area contributed by atoms with Gasteiger partial charge >= 0.3 is 0 Å². The second kappa shape index (κ2) is 7.55. The van der Waals surface area contributed by atoms with Gasteiger partial charge in [-0.25, -0.2) is 4.98 Å². The summed E-state index contributed by atoms with van der Waals surface area (Å²) >= 11 is 0. The molecule has 0 radical (unpaired) electrons. The Labute approximate surface area is 234 Å². The molecule has 10 rings (SSSR count). The van der Waals surface area contributed by atoms with Crippen molar-refractivity contribution in [3.63, 3.8) is 0 Å². The molecule has 0 unspecified atom stereocenters. The summed E-state index contributed by atoms with van der Waals surface area (Å²) in [6.45, 7) is 0. The van der Waals surface area contributed by atoms with Gasteiger partial charge in [0.05, 0.1) is 39.3 Å². The molecular formula is C36H21N5. The van der Waals surface area contributed by atoms with E-state index in [0.717, 1.165) is 39.5 Å². The van der Waals surface area contributed by atoms with Crippen molar-refractivity contribution in [3.8, 4) is 16.8 Å². The normalized spacial score (nSPS) is 12.8. The van der Waals surface area contributed by atoms with Crippen molar-refractivity contribution in [2.45, 2.75) is 6.42 Å². The Morgan fingerprint density at radius 2 is 1.39 bits per heavy atom. The van der Waals surface area contributed by atoms with Gasteiger partial charge in [-0.1, -0.05) is 54.6 Å². The van der Waals surface area contributed by atoms with Crippen LogP contribution in [-0.4, -0.2) is 23.9 Å². The van der Waals surface area contributed by atoms with Crippen molar-refractivity contribution < 1.29 is 0 Å². The van der Waals surface area contributed by atoms with Crippen molar-refractivity contribution in [1.29, 1.82) is 0 Å². The molecule has 5 aromatic heterocycles. The van der Waals surface area contributed by atoms with E-state index >= 15 is 0 Å². The van der Waals surface area contributed by atoms with Crippen molar-refractivity contribution in [2.24, 2.45) is 0 Å². The number of rotatable bonds is 1. The van der Waals surface area contributed by atoms with Crippen LogP contribution in [0.2, 0.25) is 0 Å². The van der Waals surface area contributed by atoms with Crippen LogP contribution in [0, 0.1) is 0 Å². The third-order valence-electron chi connectivity index (χ3n) is 8.88. The number of pyridine rings is 3. The van der Waals surface area contributed by atoms with Crippen molar-refractivity contribution in [2.75, 3.05) is 0 Å². The summed E-state index contributed by atoms with van der Waals surface area (Å²) in [5, 5.41) is 4.95. The molecule has 41 heavy (non-hydrogen) atoms. The van der Waals surface area contributed by atoms with Crippen LogP contribution >= 0.6 is 0 Å². The van der Waals surface area contributed by atoms with E-state index in [0.29, 0.717) is 0 Å². The average Bonchev–Trinajstić information content (AvgIpc) is 3.71. The lowest BCUT2D eigenvalue weighted by atomic mass is 9.99. The van der Waals surface area contributed by atoms with E-state index in [1.807, 2.05) is 30.7 Å². The van der Waals surface area contributed by atoms with Gasteiger partial charge in [0.25, 0.3) is 0 Å². The fourth-order valence-corrected chi connectivity index (χ4v) is 7.26. The SMILES string of the molecule is c1ccc(-n2c3ccccc3c3c4c(ccc32)-c2ccc3c5ncccc5n5c6cnccc6nc5c3c2C4)cc1. The van der Waals surface area contributed by atoms with Gasteiger partial charge in [-0.2, -0.15) is 0 Å². The van der Waals surface area contributed by atoms with Crippen LogP contribution in [-0.2, 0) is 6.42 Å². The molecule has 9 aromatic rings. The summed E-state index contributed by atoms with van der Waals surface area (Å²) in [4.78, 5) is 14.5. The van der Waals surface area contributed by atoms with Gasteiger partial charge in [-0.15, -0.1) is 0 Å². The molecule has 5 nitrogen and oxygen atoms in total. The van der Waals surface area contributed by atoms with Crippen molar-refractivity contribution in [1.82, 2.24) is 23.9 Å². The number of hydrogen-bond donors (Lipinski definition) is 0. The minimum absolute atomic E-state index is 0.845. The Balaban J connectivity index is 1.34. The molecule has 0 saturated carbocycles. The molecule has 0 atom stereocenters. The molecule has 0 fully saturated rings. The topological polar surface area (TPSA) is 48.0 Å².